The van der Waals surface area contributed by atoms with Crippen molar-refractivity contribution in [1.29, 1.82) is 0 Å². The molecule has 0 radical (unpaired) electrons. The van der Waals surface area contributed by atoms with Crippen molar-refractivity contribution >= 4 is 17.6 Å². The van der Waals surface area contributed by atoms with E-state index in [1.165, 1.54) is 0 Å². The summed E-state index contributed by atoms with van der Waals surface area (Å²) in [5.41, 5.74) is 6.32. The molecule has 0 saturated carbocycles. The molecule has 0 aliphatic heterocycles. The van der Waals surface area contributed by atoms with Crippen LogP contribution < -0.4 is 16.4 Å². The van der Waals surface area contributed by atoms with Crippen molar-refractivity contribution in [2.75, 3.05) is 19.3 Å². The van der Waals surface area contributed by atoms with Gasteiger partial charge in [-0.25, -0.2) is 4.98 Å². The number of carbonyl (C=O) groups is 2. The van der Waals surface area contributed by atoms with Crippen molar-refractivity contribution in [1.82, 2.24) is 15.6 Å². The first kappa shape index (κ1) is 16.9. The van der Waals surface area contributed by atoms with Crippen LogP contribution in [0.5, 0.6) is 0 Å². The number of rotatable bonds is 6. The number of aryl methyl sites for hydroxylation is 1. The Bertz CT molecular complexity index is 526. The first-order valence-corrected chi connectivity index (χ1v) is 7.07. The Labute approximate surface area is 125 Å². The Hall–Kier alpha value is -2.11. The van der Waals surface area contributed by atoms with E-state index in [1.54, 1.807) is 33.0 Å². The van der Waals surface area contributed by atoms with Gasteiger partial charge in [0.05, 0.1) is 5.41 Å². The standard InChI is InChI=1S/C15H24N4O2/c1-5-6-11-7-10(8-12(16)19-11)13(20)18-9-15(2,3)14(21)17-4/h7-8H,5-6,9H2,1-4H3,(H2,16,19)(H,17,21)(H,18,20). The third kappa shape index (κ3) is 4.73. The summed E-state index contributed by atoms with van der Waals surface area (Å²) in [7, 11) is 1.58. The van der Waals surface area contributed by atoms with Gasteiger partial charge < -0.3 is 16.4 Å². The van der Waals surface area contributed by atoms with Crippen LogP contribution in [0.4, 0.5) is 5.82 Å². The van der Waals surface area contributed by atoms with Crippen molar-refractivity contribution in [2.24, 2.45) is 5.41 Å². The van der Waals surface area contributed by atoms with Crippen LogP contribution in [-0.2, 0) is 11.2 Å². The average molecular weight is 292 g/mol. The van der Waals surface area contributed by atoms with E-state index in [9.17, 15) is 9.59 Å². The molecule has 0 fully saturated rings. The number of hydrogen-bond donors (Lipinski definition) is 3. The molecule has 116 valence electrons. The molecule has 1 heterocycles. The van der Waals surface area contributed by atoms with Crippen LogP contribution in [0, 0.1) is 5.41 Å². The van der Waals surface area contributed by atoms with Gasteiger partial charge in [0.15, 0.2) is 0 Å². The summed E-state index contributed by atoms with van der Waals surface area (Å²) in [6, 6.07) is 3.28. The van der Waals surface area contributed by atoms with Crippen LogP contribution >= 0.6 is 0 Å². The van der Waals surface area contributed by atoms with Crippen LogP contribution in [-0.4, -0.2) is 30.4 Å². The summed E-state index contributed by atoms with van der Waals surface area (Å²) in [6.45, 7) is 5.83. The maximum atomic E-state index is 12.2. The van der Waals surface area contributed by atoms with Gasteiger partial charge in [0.1, 0.15) is 5.82 Å². The zero-order chi connectivity index (χ0) is 16.0. The Morgan fingerprint density at radius 3 is 2.57 bits per heavy atom. The maximum Gasteiger partial charge on any atom is 0.251 e. The van der Waals surface area contributed by atoms with Crippen LogP contribution in [0.1, 0.15) is 43.2 Å². The lowest BCUT2D eigenvalue weighted by molar-refractivity contribution is -0.128. The first-order chi connectivity index (χ1) is 9.80. The first-order valence-electron chi connectivity index (χ1n) is 7.07. The number of aromatic nitrogens is 1. The van der Waals surface area contributed by atoms with Gasteiger partial charge >= 0.3 is 0 Å². The number of nitrogens with two attached hydrogens (primary N) is 1. The number of amides is 2. The zero-order valence-electron chi connectivity index (χ0n) is 13.1. The fourth-order valence-corrected chi connectivity index (χ4v) is 1.95. The van der Waals surface area contributed by atoms with E-state index in [-0.39, 0.29) is 18.4 Å². The highest BCUT2D eigenvalue weighted by Crippen LogP contribution is 2.14. The van der Waals surface area contributed by atoms with Gasteiger partial charge in [-0.15, -0.1) is 0 Å². The van der Waals surface area contributed by atoms with Crippen molar-refractivity contribution < 1.29 is 9.59 Å². The lowest BCUT2D eigenvalue weighted by Gasteiger charge is -2.22. The number of nitrogens with zero attached hydrogens (tertiary/aromatic N) is 1. The molecule has 2 amide bonds. The molecule has 0 spiro atoms. The fourth-order valence-electron chi connectivity index (χ4n) is 1.95. The molecule has 0 atom stereocenters. The topological polar surface area (TPSA) is 97.1 Å². The number of nitrogen functional groups attached to an aromatic ring is 1. The molecule has 6 heteroatoms. The number of anilines is 1. The second-order valence-corrected chi connectivity index (χ2v) is 5.67. The molecule has 1 aromatic heterocycles. The molecular weight excluding hydrogens is 268 g/mol. The van der Waals surface area contributed by atoms with Gasteiger partial charge in [0.2, 0.25) is 5.91 Å². The number of hydrogen-bond acceptors (Lipinski definition) is 4. The smallest absolute Gasteiger partial charge is 0.251 e. The third-order valence-corrected chi connectivity index (χ3v) is 3.20. The minimum Gasteiger partial charge on any atom is -0.384 e. The van der Waals surface area contributed by atoms with E-state index in [4.69, 9.17) is 5.73 Å². The van der Waals surface area contributed by atoms with Gasteiger partial charge in [0.25, 0.3) is 5.91 Å². The predicted molar refractivity (Wildman–Crippen MR) is 82.8 cm³/mol. The minimum absolute atomic E-state index is 0.122. The molecule has 0 aliphatic rings. The van der Waals surface area contributed by atoms with Gasteiger partial charge in [-0.1, -0.05) is 13.3 Å². The van der Waals surface area contributed by atoms with Crippen LogP contribution in [0.2, 0.25) is 0 Å². The molecular formula is C15H24N4O2. The van der Waals surface area contributed by atoms with E-state index in [1.807, 2.05) is 6.92 Å². The molecule has 21 heavy (non-hydrogen) atoms. The van der Waals surface area contributed by atoms with E-state index in [0.29, 0.717) is 11.4 Å². The molecule has 1 aromatic rings. The van der Waals surface area contributed by atoms with Crippen molar-refractivity contribution in [3.8, 4) is 0 Å². The molecule has 0 bridgehead atoms. The predicted octanol–water partition coefficient (Wildman–Crippen LogP) is 1.12. The lowest BCUT2D eigenvalue weighted by Crippen LogP contribution is -2.43. The van der Waals surface area contributed by atoms with Crippen molar-refractivity contribution in [2.45, 2.75) is 33.6 Å². The normalized spacial score (nSPS) is 11.0. The number of carbonyl (C=O) groups excluding carboxylic acids is 2. The SMILES string of the molecule is CCCc1cc(C(=O)NCC(C)(C)C(=O)NC)cc(N)n1. The summed E-state index contributed by atoms with van der Waals surface area (Å²) in [5, 5.41) is 5.35. The van der Waals surface area contributed by atoms with Crippen molar-refractivity contribution in [3.63, 3.8) is 0 Å². The summed E-state index contributed by atoms with van der Waals surface area (Å²) in [4.78, 5) is 28.1. The molecule has 4 N–H and O–H groups in total. The summed E-state index contributed by atoms with van der Waals surface area (Å²) < 4.78 is 0. The molecule has 6 nitrogen and oxygen atoms in total. The Kier molecular flexibility index (Phi) is 5.69. The van der Waals surface area contributed by atoms with Gasteiger partial charge in [-0.2, -0.15) is 0 Å². The van der Waals surface area contributed by atoms with E-state index in [2.05, 4.69) is 15.6 Å². The van der Waals surface area contributed by atoms with Gasteiger partial charge in [-0.05, 0) is 32.4 Å². The molecule has 0 unspecified atom stereocenters. The molecule has 0 aliphatic carbocycles. The lowest BCUT2D eigenvalue weighted by atomic mass is 9.92. The van der Waals surface area contributed by atoms with Crippen molar-refractivity contribution in [3.05, 3.63) is 23.4 Å². The molecule has 0 saturated heterocycles. The highest BCUT2D eigenvalue weighted by Gasteiger charge is 2.27. The maximum absolute atomic E-state index is 12.2. The highest BCUT2D eigenvalue weighted by atomic mass is 16.2. The Balaban J connectivity index is 2.78. The van der Waals surface area contributed by atoms with Gasteiger partial charge in [-0.3, -0.25) is 9.59 Å². The highest BCUT2D eigenvalue weighted by molar-refractivity contribution is 5.95. The summed E-state index contributed by atoms with van der Waals surface area (Å²) >= 11 is 0. The van der Waals surface area contributed by atoms with E-state index >= 15 is 0 Å². The van der Waals surface area contributed by atoms with Crippen LogP contribution in [0.15, 0.2) is 12.1 Å². The summed E-state index contributed by atoms with van der Waals surface area (Å²) in [6.07, 6.45) is 1.70. The second-order valence-electron chi connectivity index (χ2n) is 5.67. The van der Waals surface area contributed by atoms with Crippen LogP contribution in [0.25, 0.3) is 0 Å². The number of nitrogens with one attached hydrogen (secondary N) is 2. The second kappa shape index (κ2) is 7.06. The minimum atomic E-state index is -0.671. The largest absolute Gasteiger partial charge is 0.384 e. The molecule has 0 aromatic carbocycles. The van der Waals surface area contributed by atoms with Crippen LogP contribution in [0.3, 0.4) is 0 Å². The molecule has 1 rings (SSSR count). The monoisotopic (exact) mass is 292 g/mol. The third-order valence-electron chi connectivity index (χ3n) is 3.20. The quantitative estimate of drug-likeness (QED) is 0.732. The summed E-state index contributed by atoms with van der Waals surface area (Å²) in [5.74, 6) is -0.0428. The number of pyridine rings is 1. The fraction of sp³-hybridized carbons (Fsp3) is 0.533. The van der Waals surface area contributed by atoms with Gasteiger partial charge in [0, 0.05) is 24.8 Å². The van der Waals surface area contributed by atoms with E-state index < -0.39 is 5.41 Å². The Morgan fingerprint density at radius 1 is 1.33 bits per heavy atom. The zero-order valence-corrected chi connectivity index (χ0v) is 13.1. The van der Waals surface area contributed by atoms with E-state index in [0.717, 1.165) is 18.5 Å². The average Bonchev–Trinajstić information content (AvgIpc) is 2.43. The Morgan fingerprint density at radius 2 is 2.00 bits per heavy atom.